The number of amides is 1. The highest BCUT2D eigenvalue weighted by atomic mass is 32.2. The minimum Gasteiger partial charge on any atom is -0.467 e. The van der Waals surface area contributed by atoms with Crippen molar-refractivity contribution in [3.05, 3.63) is 72.2 Å². The zero-order valence-corrected chi connectivity index (χ0v) is 19.4. The number of nitrogens with zero attached hydrogens (tertiary/aromatic N) is 2. The Morgan fingerprint density at radius 3 is 2.65 bits per heavy atom. The van der Waals surface area contributed by atoms with Crippen LogP contribution in [0, 0.1) is 0 Å². The van der Waals surface area contributed by atoms with Crippen LogP contribution in [0.1, 0.15) is 23.0 Å². The van der Waals surface area contributed by atoms with Gasteiger partial charge in [-0.25, -0.2) is 13.4 Å². The summed E-state index contributed by atoms with van der Waals surface area (Å²) in [7, 11) is -3.58. The van der Waals surface area contributed by atoms with E-state index in [9.17, 15) is 13.2 Å². The van der Waals surface area contributed by atoms with E-state index in [0.717, 1.165) is 15.1 Å². The molecule has 0 aliphatic heterocycles. The molecule has 0 fully saturated rings. The Kier molecular flexibility index (Phi) is 6.17. The topological polar surface area (TPSA) is 80.5 Å². The lowest BCUT2D eigenvalue weighted by Crippen LogP contribution is -2.31. The summed E-state index contributed by atoms with van der Waals surface area (Å²) >= 11 is 2.97. The van der Waals surface area contributed by atoms with Crippen LogP contribution >= 0.6 is 23.1 Å². The van der Waals surface area contributed by atoms with E-state index in [2.05, 4.69) is 0 Å². The van der Waals surface area contributed by atoms with Gasteiger partial charge in [-0.05, 0) is 42.7 Å². The van der Waals surface area contributed by atoms with Gasteiger partial charge in [-0.15, -0.1) is 11.8 Å². The van der Waals surface area contributed by atoms with Gasteiger partial charge in [0, 0.05) is 4.90 Å². The summed E-state index contributed by atoms with van der Waals surface area (Å²) in [5.74, 6) is 0.0514. The molecule has 0 aliphatic rings. The summed E-state index contributed by atoms with van der Waals surface area (Å²) in [6, 6.07) is 15.7. The second-order valence-electron chi connectivity index (χ2n) is 6.67. The van der Waals surface area contributed by atoms with Crippen LogP contribution in [-0.4, -0.2) is 31.3 Å². The number of thioether (sulfide) groups is 1. The quantitative estimate of drug-likeness (QED) is 0.342. The minimum absolute atomic E-state index is 0.0258. The normalized spacial score (nSPS) is 11.7. The predicted octanol–water partition coefficient (Wildman–Crippen LogP) is 5.25. The molecule has 0 saturated heterocycles. The van der Waals surface area contributed by atoms with Gasteiger partial charge in [0.25, 0.3) is 5.91 Å². The third-order valence-electron chi connectivity index (χ3n) is 4.79. The maximum Gasteiger partial charge on any atom is 0.261 e. The van der Waals surface area contributed by atoms with Gasteiger partial charge in [-0.3, -0.25) is 9.69 Å². The van der Waals surface area contributed by atoms with Crippen LogP contribution in [-0.2, 0) is 16.4 Å². The molecule has 2 heterocycles. The molecule has 1 amide bonds. The van der Waals surface area contributed by atoms with E-state index >= 15 is 0 Å². The summed E-state index contributed by atoms with van der Waals surface area (Å²) in [6.07, 6.45) is 3.52. The van der Waals surface area contributed by atoms with Crippen molar-refractivity contribution in [2.24, 2.45) is 0 Å². The van der Waals surface area contributed by atoms with E-state index in [-0.39, 0.29) is 22.8 Å². The first-order valence-corrected chi connectivity index (χ1v) is 13.2. The van der Waals surface area contributed by atoms with Gasteiger partial charge >= 0.3 is 0 Å². The van der Waals surface area contributed by atoms with E-state index in [1.165, 1.54) is 28.6 Å². The monoisotopic (exact) mass is 472 g/mol. The van der Waals surface area contributed by atoms with Crippen molar-refractivity contribution in [1.82, 2.24) is 4.98 Å². The molecular weight excluding hydrogens is 452 g/mol. The molecule has 2 aromatic heterocycles. The van der Waals surface area contributed by atoms with Crippen molar-refractivity contribution in [3.63, 3.8) is 0 Å². The molecule has 0 saturated carbocycles. The Hall–Kier alpha value is -2.62. The maximum atomic E-state index is 13.7. The summed E-state index contributed by atoms with van der Waals surface area (Å²) in [4.78, 5) is 20.9. The van der Waals surface area contributed by atoms with Crippen LogP contribution in [0.4, 0.5) is 5.13 Å². The van der Waals surface area contributed by atoms with Crippen molar-refractivity contribution < 1.29 is 17.6 Å². The number of hydrogen-bond acceptors (Lipinski definition) is 7. The van der Waals surface area contributed by atoms with E-state index in [1.54, 1.807) is 49.0 Å². The number of anilines is 1. The van der Waals surface area contributed by atoms with Crippen molar-refractivity contribution >= 4 is 54.2 Å². The second kappa shape index (κ2) is 8.86. The van der Waals surface area contributed by atoms with Crippen LogP contribution in [0.5, 0.6) is 0 Å². The lowest BCUT2D eigenvalue weighted by atomic mass is 10.2. The number of rotatable bonds is 7. The van der Waals surface area contributed by atoms with E-state index in [1.807, 2.05) is 24.5 Å². The molecule has 4 aromatic rings. The molecule has 0 spiro atoms. The average Bonchev–Trinajstić information content (AvgIpc) is 3.46. The van der Waals surface area contributed by atoms with Gasteiger partial charge in [0.05, 0.1) is 39.2 Å². The first kappa shape index (κ1) is 21.6. The smallest absolute Gasteiger partial charge is 0.261 e. The minimum atomic E-state index is -3.58. The molecule has 2 aromatic carbocycles. The molecule has 160 valence electrons. The van der Waals surface area contributed by atoms with E-state index in [0.29, 0.717) is 10.9 Å². The standard InChI is InChI=1S/C22H20N2O4S3/c1-3-31(26,27)19-12-5-4-9-16(19)21(25)24(14-15-8-7-13-28-15)22-23-20-17(29-2)10-6-11-18(20)30-22/h4-13H,3,14H2,1-2H3. The highest BCUT2D eigenvalue weighted by Gasteiger charge is 2.28. The predicted molar refractivity (Wildman–Crippen MR) is 125 cm³/mol. The summed E-state index contributed by atoms with van der Waals surface area (Å²) in [5, 5.41) is 0.488. The number of benzene rings is 2. The SMILES string of the molecule is CCS(=O)(=O)c1ccccc1C(=O)N(Cc1ccco1)c1nc2c(SC)cccc2s1. The molecule has 0 radical (unpaired) electrons. The summed E-state index contributed by atoms with van der Waals surface area (Å²) in [6.45, 7) is 1.70. The fraction of sp³-hybridized carbons (Fsp3) is 0.182. The average molecular weight is 473 g/mol. The Morgan fingerprint density at radius 2 is 1.94 bits per heavy atom. The van der Waals surface area contributed by atoms with Crippen LogP contribution in [0.2, 0.25) is 0 Å². The van der Waals surface area contributed by atoms with Gasteiger partial charge in [0.1, 0.15) is 5.76 Å². The second-order valence-corrected chi connectivity index (χ2v) is 10.8. The van der Waals surface area contributed by atoms with Gasteiger partial charge in [0.2, 0.25) is 0 Å². The zero-order chi connectivity index (χ0) is 22.0. The number of carbonyl (C=O) groups excluding carboxylic acids is 1. The van der Waals surface area contributed by atoms with Gasteiger partial charge in [-0.2, -0.15) is 0 Å². The number of carbonyl (C=O) groups is 1. The van der Waals surface area contributed by atoms with Crippen molar-refractivity contribution in [2.45, 2.75) is 23.3 Å². The van der Waals surface area contributed by atoms with Crippen molar-refractivity contribution in [2.75, 3.05) is 16.9 Å². The number of sulfone groups is 1. The van der Waals surface area contributed by atoms with Gasteiger partial charge in [0.15, 0.2) is 15.0 Å². The third-order valence-corrected chi connectivity index (χ3v) is 8.39. The number of aromatic nitrogens is 1. The highest BCUT2D eigenvalue weighted by Crippen LogP contribution is 2.35. The van der Waals surface area contributed by atoms with Gasteiger partial charge < -0.3 is 4.42 Å². The maximum absolute atomic E-state index is 13.7. The van der Waals surface area contributed by atoms with Crippen LogP contribution in [0.3, 0.4) is 0 Å². The molecule has 0 atom stereocenters. The number of fused-ring (bicyclic) bond motifs is 1. The molecule has 0 bridgehead atoms. The first-order chi connectivity index (χ1) is 14.9. The third kappa shape index (κ3) is 4.26. The van der Waals surface area contributed by atoms with Crippen LogP contribution in [0.25, 0.3) is 10.2 Å². The molecule has 9 heteroatoms. The summed E-state index contributed by atoms with van der Waals surface area (Å²) < 4.78 is 31.7. The molecular formula is C22H20N2O4S3. The largest absolute Gasteiger partial charge is 0.467 e. The summed E-state index contributed by atoms with van der Waals surface area (Å²) in [5.41, 5.74) is 0.946. The lowest BCUT2D eigenvalue weighted by Gasteiger charge is -2.20. The highest BCUT2D eigenvalue weighted by molar-refractivity contribution is 7.98. The number of para-hydroxylation sites is 1. The Balaban J connectivity index is 1.85. The van der Waals surface area contributed by atoms with Crippen molar-refractivity contribution in [3.8, 4) is 0 Å². The number of thiazole rings is 1. The number of hydrogen-bond donors (Lipinski definition) is 0. The van der Waals surface area contributed by atoms with Crippen molar-refractivity contribution in [1.29, 1.82) is 0 Å². The molecule has 0 unspecified atom stereocenters. The lowest BCUT2D eigenvalue weighted by molar-refractivity contribution is 0.0980. The number of furan rings is 1. The fourth-order valence-corrected chi connectivity index (χ4v) is 5.90. The molecule has 4 rings (SSSR count). The Labute approximate surface area is 188 Å². The zero-order valence-electron chi connectivity index (χ0n) is 16.9. The fourth-order valence-electron chi connectivity index (χ4n) is 3.19. The Morgan fingerprint density at radius 1 is 1.13 bits per heavy atom. The Bertz CT molecular complexity index is 1330. The first-order valence-electron chi connectivity index (χ1n) is 9.54. The van der Waals surface area contributed by atoms with Crippen LogP contribution < -0.4 is 4.90 Å². The van der Waals surface area contributed by atoms with E-state index in [4.69, 9.17) is 9.40 Å². The van der Waals surface area contributed by atoms with Crippen LogP contribution in [0.15, 0.2) is 75.1 Å². The van der Waals surface area contributed by atoms with E-state index < -0.39 is 15.7 Å². The molecule has 31 heavy (non-hydrogen) atoms. The molecule has 0 aliphatic carbocycles. The molecule has 0 N–H and O–H groups in total. The molecule has 6 nitrogen and oxygen atoms in total. The van der Waals surface area contributed by atoms with Gasteiger partial charge in [-0.1, -0.05) is 36.5 Å².